The lowest BCUT2D eigenvalue weighted by molar-refractivity contribution is 0.0816. The SMILES string of the molecule is O=C(C(=O)c1cc(O)c(O)cc1-c1cc(O)c(O)cc1C(=O)C(=O)c1ccc(O)cc1)c1ccc(O)cc1. The smallest absolute Gasteiger partial charge is 0.234 e. The van der Waals surface area contributed by atoms with Gasteiger partial charge in [-0.15, -0.1) is 0 Å². The maximum atomic E-state index is 13.2. The monoisotopic (exact) mass is 514 g/mol. The van der Waals surface area contributed by atoms with Crippen LogP contribution < -0.4 is 0 Å². The summed E-state index contributed by atoms with van der Waals surface area (Å²) in [6.07, 6.45) is 0. The molecule has 0 heterocycles. The van der Waals surface area contributed by atoms with Gasteiger partial charge in [-0.25, -0.2) is 0 Å². The number of carbonyl (C=O) groups excluding carboxylic acids is 4. The van der Waals surface area contributed by atoms with Crippen molar-refractivity contribution in [3.63, 3.8) is 0 Å². The Balaban J connectivity index is 1.89. The molecule has 0 aromatic heterocycles. The zero-order chi connectivity index (χ0) is 27.7. The summed E-state index contributed by atoms with van der Waals surface area (Å²) in [5.41, 5.74) is -1.83. The van der Waals surface area contributed by atoms with Crippen molar-refractivity contribution in [3.05, 3.63) is 95.1 Å². The van der Waals surface area contributed by atoms with E-state index in [2.05, 4.69) is 0 Å². The predicted molar refractivity (Wildman–Crippen MR) is 132 cm³/mol. The Kier molecular flexibility index (Phi) is 6.55. The Hall–Kier alpha value is -5.64. The molecule has 0 unspecified atom stereocenters. The van der Waals surface area contributed by atoms with Crippen molar-refractivity contribution in [2.24, 2.45) is 0 Å². The molecule has 0 amide bonds. The fourth-order valence-corrected chi connectivity index (χ4v) is 3.71. The summed E-state index contributed by atoms with van der Waals surface area (Å²) in [6, 6.07) is 12.8. The van der Waals surface area contributed by atoms with Gasteiger partial charge in [0.15, 0.2) is 23.0 Å². The minimum atomic E-state index is -1.18. The van der Waals surface area contributed by atoms with E-state index in [4.69, 9.17) is 0 Å². The number of carbonyl (C=O) groups is 4. The Morgan fingerprint density at radius 2 is 0.684 bits per heavy atom. The number of ketones is 4. The second-order valence-corrected chi connectivity index (χ2v) is 8.18. The van der Waals surface area contributed by atoms with E-state index in [9.17, 15) is 49.8 Å². The largest absolute Gasteiger partial charge is 0.508 e. The average Bonchev–Trinajstić information content (AvgIpc) is 2.90. The minimum Gasteiger partial charge on any atom is -0.508 e. The number of hydrogen-bond donors (Lipinski definition) is 6. The molecule has 4 aromatic rings. The number of benzene rings is 4. The fourth-order valence-electron chi connectivity index (χ4n) is 3.71. The standard InChI is InChI=1S/C28H18O10/c29-15-5-1-13(2-6-15)25(35)27(37)19-11-23(33)21(31)9-17(19)18-10-22(32)24(34)12-20(18)28(38)26(36)14-3-7-16(30)8-4-14/h1-12,29-34H. The van der Waals surface area contributed by atoms with E-state index in [1.165, 1.54) is 48.5 Å². The van der Waals surface area contributed by atoms with Crippen molar-refractivity contribution in [1.82, 2.24) is 0 Å². The molecule has 10 nitrogen and oxygen atoms in total. The second kappa shape index (κ2) is 9.78. The van der Waals surface area contributed by atoms with Gasteiger partial charge in [-0.2, -0.15) is 0 Å². The fraction of sp³-hybridized carbons (Fsp3) is 0. The van der Waals surface area contributed by atoms with E-state index in [0.717, 1.165) is 24.3 Å². The van der Waals surface area contributed by atoms with Gasteiger partial charge >= 0.3 is 0 Å². The topological polar surface area (TPSA) is 190 Å². The molecule has 0 bridgehead atoms. The van der Waals surface area contributed by atoms with Gasteiger partial charge in [0.05, 0.1) is 0 Å². The molecule has 10 heteroatoms. The van der Waals surface area contributed by atoms with E-state index in [1.54, 1.807) is 0 Å². The first kappa shape index (κ1) is 25.5. The van der Waals surface area contributed by atoms with E-state index in [0.29, 0.717) is 0 Å². The van der Waals surface area contributed by atoms with Gasteiger partial charge in [0, 0.05) is 22.3 Å². The predicted octanol–water partition coefficient (Wildman–Crippen LogP) is 3.72. The molecule has 0 spiro atoms. The lowest BCUT2D eigenvalue weighted by Gasteiger charge is -2.15. The van der Waals surface area contributed by atoms with Crippen molar-refractivity contribution in [2.45, 2.75) is 0 Å². The summed E-state index contributed by atoms with van der Waals surface area (Å²) < 4.78 is 0. The zero-order valence-corrected chi connectivity index (χ0v) is 19.2. The third kappa shape index (κ3) is 4.73. The van der Waals surface area contributed by atoms with Crippen LogP contribution in [0.3, 0.4) is 0 Å². The lowest BCUT2D eigenvalue weighted by Crippen LogP contribution is -2.18. The number of Topliss-reactive ketones (excluding diaryl/α,β-unsaturated/α-hetero) is 4. The molecule has 0 aliphatic heterocycles. The molecule has 0 atom stereocenters. The van der Waals surface area contributed by atoms with Crippen molar-refractivity contribution in [1.29, 1.82) is 0 Å². The first-order valence-electron chi connectivity index (χ1n) is 10.9. The average molecular weight is 514 g/mol. The molecule has 190 valence electrons. The highest BCUT2D eigenvalue weighted by molar-refractivity contribution is 6.51. The Labute approximate surface area is 213 Å². The van der Waals surface area contributed by atoms with Crippen LogP contribution in [0.25, 0.3) is 11.1 Å². The number of aromatic hydroxyl groups is 6. The van der Waals surface area contributed by atoms with Crippen molar-refractivity contribution in [3.8, 4) is 45.6 Å². The zero-order valence-electron chi connectivity index (χ0n) is 19.2. The van der Waals surface area contributed by atoms with Crippen LogP contribution in [0.2, 0.25) is 0 Å². The minimum absolute atomic E-state index is 0.112. The van der Waals surface area contributed by atoms with Gasteiger partial charge in [0.1, 0.15) is 11.5 Å². The van der Waals surface area contributed by atoms with E-state index >= 15 is 0 Å². The summed E-state index contributed by atoms with van der Waals surface area (Å²) in [5, 5.41) is 59.4. The van der Waals surface area contributed by atoms with Crippen LogP contribution in [-0.4, -0.2) is 53.8 Å². The van der Waals surface area contributed by atoms with Crippen LogP contribution in [0.4, 0.5) is 0 Å². The first-order chi connectivity index (χ1) is 18.0. The Bertz CT molecular complexity index is 1490. The van der Waals surface area contributed by atoms with E-state index in [1.807, 2.05) is 0 Å². The molecule has 38 heavy (non-hydrogen) atoms. The molecule has 4 rings (SSSR count). The lowest BCUT2D eigenvalue weighted by atomic mass is 9.87. The highest BCUT2D eigenvalue weighted by Gasteiger charge is 2.29. The normalized spacial score (nSPS) is 10.6. The quantitative estimate of drug-likeness (QED) is 0.120. The van der Waals surface area contributed by atoms with E-state index in [-0.39, 0.29) is 33.8 Å². The highest BCUT2D eigenvalue weighted by atomic mass is 16.3. The van der Waals surface area contributed by atoms with Gasteiger partial charge in [-0.3, -0.25) is 19.2 Å². The second-order valence-electron chi connectivity index (χ2n) is 8.18. The summed E-state index contributed by atoms with van der Waals surface area (Å²) in [7, 11) is 0. The molecule has 0 aliphatic rings. The number of phenols is 6. The molecular formula is C28H18O10. The van der Waals surface area contributed by atoms with Gasteiger partial charge in [-0.05, 0) is 83.9 Å². The van der Waals surface area contributed by atoms with Crippen LogP contribution in [0, 0.1) is 0 Å². The van der Waals surface area contributed by atoms with Crippen molar-refractivity contribution in [2.75, 3.05) is 0 Å². The Morgan fingerprint density at radius 3 is 1.00 bits per heavy atom. The highest BCUT2D eigenvalue weighted by Crippen LogP contribution is 2.40. The van der Waals surface area contributed by atoms with Gasteiger partial charge in [-0.1, -0.05) is 0 Å². The first-order valence-corrected chi connectivity index (χ1v) is 10.9. The molecule has 0 radical (unpaired) electrons. The summed E-state index contributed by atoms with van der Waals surface area (Å²) in [4.78, 5) is 52.2. The molecule has 6 N–H and O–H groups in total. The Morgan fingerprint density at radius 1 is 0.395 bits per heavy atom. The molecule has 0 aliphatic carbocycles. The maximum Gasteiger partial charge on any atom is 0.234 e. The number of rotatable bonds is 7. The van der Waals surface area contributed by atoms with E-state index < -0.39 is 57.3 Å². The molecule has 0 saturated heterocycles. The van der Waals surface area contributed by atoms with Crippen LogP contribution in [0.1, 0.15) is 41.4 Å². The van der Waals surface area contributed by atoms with Crippen LogP contribution in [0.15, 0.2) is 72.8 Å². The molecule has 4 aromatic carbocycles. The summed E-state index contributed by atoms with van der Waals surface area (Å²) in [6.45, 7) is 0. The number of phenolic OH excluding ortho intramolecular Hbond substituents is 6. The third-order valence-corrected chi connectivity index (χ3v) is 5.68. The summed E-state index contributed by atoms with van der Waals surface area (Å²) >= 11 is 0. The third-order valence-electron chi connectivity index (χ3n) is 5.68. The molecule has 0 saturated carbocycles. The van der Waals surface area contributed by atoms with Crippen LogP contribution >= 0.6 is 0 Å². The summed E-state index contributed by atoms with van der Waals surface area (Å²) in [5.74, 6) is -7.84. The van der Waals surface area contributed by atoms with Gasteiger partial charge in [0.25, 0.3) is 0 Å². The van der Waals surface area contributed by atoms with Gasteiger partial charge < -0.3 is 30.6 Å². The number of hydrogen-bond acceptors (Lipinski definition) is 10. The van der Waals surface area contributed by atoms with Gasteiger partial charge in [0.2, 0.25) is 23.1 Å². The molecule has 0 fully saturated rings. The molecular weight excluding hydrogens is 496 g/mol. The van der Waals surface area contributed by atoms with Crippen LogP contribution in [-0.2, 0) is 0 Å². The van der Waals surface area contributed by atoms with Crippen LogP contribution in [0.5, 0.6) is 34.5 Å². The van der Waals surface area contributed by atoms with Crippen molar-refractivity contribution < 1.29 is 49.8 Å². The van der Waals surface area contributed by atoms with Crippen molar-refractivity contribution >= 4 is 23.1 Å². The maximum absolute atomic E-state index is 13.2.